The molecule has 0 bridgehead atoms. The van der Waals surface area contributed by atoms with Crippen LogP contribution in [0.1, 0.15) is 0 Å². The van der Waals surface area contributed by atoms with Crippen molar-refractivity contribution in [1.82, 2.24) is 11.0 Å². The Bertz CT molecular complexity index is 274. The van der Waals surface area contributed by atoms with Crippen LogP contribution < -0.4 is 33.9 Å². The van der Waals surface area contributed by atoms with E-state index in [4.69, 9.17) is 33.3 Å². The molecular weight excluding hydrogens is 283 g/mol. The number of hydroxylamine groups is 2. The van der Waals surface area contributed by atoms with Crippen molar-refractivity contribution >= 4 is 0 Å². The van der Waals surface area contributed by atoms with Crippen LogP contribution in [0.2, 0.25) is 0 Å². The number of nitrogens with zero attached hydrogens (tertiary/aromatic N) is 2. The Balaban J connectivity index is -0.000000218. The molecule has 0 amide bonds. The molecule has 12 N–H and O–H groups in total. The van der Waals surface area contributed by atoms with E-state index in [1.165, 1.54) is 11.0 Å². The maximum absolute atomic E-state index is 9.44. The number of nitrogens with one attached hydrogen (secondary N) is 2. The van der Waals surface area contributed by atoms with Crippen molar-refractivity contribution in [2.24, 2.45) is 33.3 Å². The van der Waals surface area contributed by atoms with E-state index in [9.17, 15) is 9.81 Å². The van der Waals surface area contributed by atoms with Gasteiger partial charge in [-0.25, -0.2) is 0 Å². The Morgan fingerprint density at radius 1 is 0.824 bits per heavy atom. The van der Waals surface area contributed by atoms with E-state index in [-0.39, 0.29) is 28.4 Å². The van der Waals surface area contributed by atoms with Crippen molar-refractivity contribution in [2.45, 2.75) is 0 Å². The SMILES string of the molecule is NC(N=O)=C(N)NO.NC(N=O)=C(N)NO.[Co]. The van der Waals surface area contributed by atoms with Crippen LogP contribution >= 0.6 is 0 Å². The third kappa shape index (κ3) is 10.2. The van der Waals surface area contributed by atoms with Gasteiger partial charge in [0.25, 0.3) is 0 Å². The maximum Gasteiger partial charge on any atom is 0.210 e. The van der Waals surface area contributed by atoms with Gasteiger partial charge in [-0.1, -0.05) is 0 Å². The third-order valence-electron chi connectivity index (χ3n) is 0.990. The van der Waals surface area contributed by atoms with Crippen molar-refractivity contribution in [3.8, 4) is 0 Å². The maximum atomic E-state index is 9.44. The normalized spacial score (nSPS) is 11.4. The predicted molar refractivity (Wildman–Crippen MR) is 52.2 cm³/mol. The number of nitrogens with two attached hydrogens (primary N) is 4. The molecule has 0 aromatic heterocycles. The molecule has 0 atom stereocenters. The summed E-state index contributed by atoms with van der Waals surface area (Å²) in [5.74, 6) is -1.62. The second kappa shape index (κ2) is 12.0. The molecule has 0 aliphatic heterocycles. The summed E-state index contributed by atoms with van der Waals surface area (Å²) < 4.78 is 0. The van der Waals surface area contributed by atoms with E-state index >= 15 is 0 Å². The van der Waals surface area contributed by atoms with Gasteiger partial charge < -0.3 is 22.9 Å². The van der Waals surface area contributed by atoms with Crippen LogP contribution in [0, 0.1) is 9.81 Å². The Hall–Kier alpha value is -2.09. The minimum atomic E-state index is -0.465. The van der Waals surface area contributed by atoms with Crippen LogP contribution in [-0.4, -0.2) is 10.4 Å². The predicted octanol–water partition coefficient (Wildman–Crippen LogP) is -2.45. The molecule has 0 fully saturated rings. The van der Waals surface area contributed by atoms with Gasteiger partial charge in [0.1, 0.15) is 0 Å². The zero-order valence-electron chi connectivity index (χ0n) is 8.25. The average Bonchev–Trinajstić information content (AvgIpc) is 2.35. The van der Waals surface area contributed by atoms with Crippen molar-refractivity contribution in [1.29, 1.82) is 0 Å². The van der Waals surface area contributed by atoms with Gasteiger partial charge in [-0.2, -0.15) is 0 Å². The Morgan fingerprint density at radius 3 is 1.12 bits per heavy atom. The van der Waals surface area contributed by atoms with Crippen molar-refractivity contribution in [3.05, 3.63) is 33.1 Å². The van der Waals surface area contributed by atoms with Crippen LogP contribution in [0.5, 0.6) is 0 Å². The molecule has 0 aromatic rings. The summed E-state index contributed by atoms with van der Waals surface area (Å²) in [6, 6.07) is 0. The third-order valence-corrected chi connectivity index (χ3v) is 0.990. The first-order chi connectivity index (χ1) is 7.44. The van der Waals surface area contributed by atoms with Crippen molar-refractivity contribution in [3.63, 3.8) is 0 Å². The molecule has 17 heavy (non-hydrogen) atoms. The quantitative estimate of drug-likeness (QED) is 0.201. The average molecular weight is 295 g/mol. The molecule has 0 saturated carbocycles. The number of rotatable bonds is 4. The number of hydrogen-bond donors (Lipinski definition) is 8. The van der Waals surface area contributed by atoms with Gasteiger partial charge in [0.2, 0.25) is 11.6 Å². The monoisotopic (exact) mass is 295 g/mol. The Labute approximate surface area is 105 Å². The van der Waals surface area contributed by atoms with E-state index in [0.29, 0.717) is 0 Å². The first kappa shape index (κ1) is 20.3. The largest absolute Gasteiger partial charge is 0.381 e. The van der Waals surface area contributed by atoms with E-state index in [2.05, 4.69) is 10.4 Å². The molecule has 0 aliphatic carbocycles. The molecule has 101 valence electrons. The van der Waals surface area contributed by atoms with Gasteiger partial charge in [0.15, 0.2) is 11.6 Å². The van der Waals surface area contributed by atoms with Gasteiger partial charge in [-0.05, 0) is 10.4 Å². The summed E-state index contributed by atoms with van der Waals surface area (Å²) in [7, 11) is 0. The molecule has 0 aliphatic rings. The summed E-state index contributed by atoms with van der Waals surface area (Å²) in [4.78, 5) is 18.9. The van der Waals surface area contributed by atoms with Gasteiger partial charge in [-0.15, -0.1) is 9.81 Å². The van der Waals surface area contributed by atoms with Crippen molar-refractivity contribution < 1.29 is 27.2 Å². The molecule has 13 heteroatoms. The smallest absolute Gasteiger partial charge is 0.210 e. The second-order valence-electron chi connectivity index (χ2n) is 2.00. The van der Waals surface area contributed by atoms with Crippen LogP contribution in [0.25, 0.3) is 0 Å². The molecular formula is C4H12CoN8O4. The first-order valence-electron chi connectivity index (χ1n) is 3.41. The number of hydrogen-bond acceptors (Lipinski definition) is 12. The molecule has 0 saturated heterocycles. The van der Waals surface area contributed by atoms with E-state index in [0.717, 1.165) is 0 Å². The summed E-state index contributed by atoms with van der Waals surface area (Å²) >= 11 is 0. The molecule has 1 radical (unpaired) electrons. The van der Waals surface area contributed by atoms with Crippen LogP contribution in [0.3, 0.4) is 0 Å². The zero-order valence-corrected chi connectivity index (χ0v) is 9.29. The van der Waals surface area contributed by atoms with Gasteiger partial charge in [0, 0.05) is 16.8 Å². The zero-order chi connectivity index (χ0) is 13.1. The Morgan fingerprint density at radius 2 is 1.06 bits per heavy atom. The van der Waals surface area contributed by atoms with Crippen LogP contribution in [-0.2, 0) is 16.8 Å². The molecule has 12 nitrogen and oxygen atoms in total. The van der Waals surface area contributed by atoms with Crippen LogP contribution in [0.15, 0.2) is 33.6 Å². The molecule has 0 heterocycles. The minimum absolute atomic E-state index is 0. The Kier molecular flexibility index (Phi) is 14.3. The molecule has 0 spiro atoms. The summed E-state index contributed by atoms with van der Waals surface area (Å²) in [5, 5.41) is 20.3. The molecule has 0 aromatic carbocycles. The first-order valence-corrected chi connectivity index (χ1v) is 3.41. The van der Waals surface area contributed by atoms with E-state index < -0.39 is 11.6 Å². The van der Waals surface area contributed by atoms with Gasteiger partial charge >= 0.3 is 0 Å². The number of nitroso groups, excluding NO2 is 2. The fourth-order valence-electron chi connectivity index (χ4n) is 0.213. The van der Waals surface area contributed by atoms with E-state index in [1.54, 1.807) is 0 Å². The fourth-order valence-corrected chi connectivity index (χ4v) is 0.213. The fraction of sp³-hybridized carbons (Fsp3) is 0. The van der Waals surface area contributed by atoms with E-state index in [1.807, 2.05) is 0 Å². The molecule has 0 unspecified atom stereocenters. The van der Waals surface area contributed by atoms with Gasteiger partial charge in [-0.3, -0.25) is 21.4 Å². The summed E-state index contributed by atoms with van der Waals surface area (Å²) in [6.45, 7) is 0. The second-order valence-corrected chi connectivity index (χ2v) is 2.00. The summed E-state index contributed by atoms with van der Waals surface area (Å²) in [5.41, 5.74) is 22.1. The molecule has 0 rings (SSSR count). The van der Waals surface area contributed by atoms with Crippen molar-refractivity contribution in [2.75, 3.05) is 0 Å². The summed E-state index contributed by atoms with van der Waals surface area (Å²) in [6.07, 6.45) is 0. The van der Waals surface area contributed by atoms with Crippen LogP contribution in [0.4, 0.5) is 0 Å². The standard InChI is InChI=1S/2C2H6N4O2.Co/c2*3-1(5-7)2(4)6-8;/h2*5,7H,3-4H2;. The minimum Gasteiger partial charge on any atom is -0.381 e. The van der Waals surface area contributed by atoms with Gasteiger partial charge in [0.05, 0.1) is 0 Å². The topological polar surface area (TPSA) is 227 Å².